The lowest BCUT2D eigenvalue weighted by molar-refractivity contribution is -0.384. The van der Waals surface area contributed by atoms with E-state index in [-0.39, 0.29) is 23.7 Å². The van der Waals surface area contributed by atoms with Crippen molar-refractivity contribution in [2.75, 3.05) is 38.4 Å². The van der Waals surface area contributed by atoms with Gasteiger partial charge >= 0.3 is 0 Å². The van der Waals surface area contributed by atoms with Crippen LogP contribution in [0.15, 0.2) is 42.5 Å². The summed E-state index contributed by atoms with van der Waals surface area (Å²) in [6, 6.07) is 10.6. The van der Waals surface area contributed by atoms with Crippen molar-refractivity contribution >= 4 is 27.3 Å². The van der Waals surface area contributed by atoms with Gasteiger partial charge in [-0.15, -0.1) is 0 Å². The predicted molar refractivity (Wildman–Crippen MR) is 111 cm³/mol. The maximum atomic E-state index is 12.7. The van der Waals surface area contributed by atoms with Crippen molar-refractivity contribution in [3.63, 3.8) is 0 Å². The fourth-order valence-corrected chi connectivity index (χ4v) is 3.55. The fourth-order valence-electron chi connectivity index (χ4n) is 2.70. The quantitative estimate of drug-likeness (QED) is 0.435. The molecule has 10 nitrogen and oxygen atoms in total. The van der Waals surface area contributed by atoms with Crippen LogP contribution in [0.25, 0.3) is 0 Å². The molecule has 0 saturated heterocycles. The number of hydrogen-bond acceptors (Lipinski definition) is 7. The molecular formula is C19H23N3O7S. The molecule has 0 aliphatic heterocycles. The number of carbonyl (C=O) groups is 1. The minimum atomic E-state index is -3.94. The standard InChI is InChI=1S/C19H23N3O7S/c1-20(12-14-5-8-16(28-2)9-6-14)19(23)13-21(30(4,26)27)17-11-15(22(24)25)7-10-18(17)29-3/h5-11H,12-13H2,1-4H3. The van der Waals surface area contributed by atoms with Crippen molar-refractivity contribution in [2.45, 2.75) is 6.54 Å². The topological polar surface area (TPSA) is 119 Å². The number of ether oxygens (including phenoxy) is 2. The van der Waals surface area contributed by atoms with Gasteiger partial charge in [-0.1, -0.05) is 12.1 Å². The van der Waals surface area contributed by atoms with Crippen molar-refractivity contribution in [2.24, 2.45) is 0 Å². The van der Waals surface area contributed by atoms with Crippen LogP contribution in [0, 0.1) is 10.1 Å². The van der Waals surface area contributed by atoms with E-state index in [0.29, 0.717) is 5.75 Å². The van der Waals surface area contributed by atoms with E-state index in [1.807, 2.05) is 0 Å². The van der Waals surface area contributed by atoms with Gasteiger partial charge in [-0.05, 0) is 23.8 Å². The number of amides is 1. The minimum absolute atomic E-state index is 0.0830. The lowest BCUT2D eigenvalue weighted by atomic mass is 10.2. The van der Waals surface area contributed by atoms with Crippen LogP contribution >= 0.6 is 0 Å². The molecular weight excluding hydrogens is 414 g/mol. The molecule has 30 heavy (non-hydrogen) atoms. The summed E-state index contributed by atoms with van der Waals surface area (Å²) in [5.74, 6) is 0.273. The maximum Gasteiger partial charge on any atom is 0.271 e. The van der Waals surface area contributed by atoms with Gasteiger partial charge in [0.1, 0.15) is 23.7 Å². The molecule has 2 aromatic carbocycles. The second-order valence-electron chi connectivity index (χ2n) is 6.48. The zero-order valence-corrected chi connectivity index (χ0v) is 17.9. The number of anilines is 1. The number of non-ortho nitro benzene ring substituents is 1. The van der Waals surface area contributed by atoms with Crippen LogP contribution in [0.5, 0.6) is 11.5 Å². The molecule has 1 amide bonds. The molecule has 162 valence electrons. The summed E-state index contributed by atoms with van der Waals surface area (Å²) >= 11 is 0. The van der Waals surface area contributed by atoms with Gasteiger partial charge in [0.15, 0.2) is 0 Å². The molecule has 0 bridgehead atoms. The number of methoxy groups -OCH3 is 2. The van der Waals surface area contributed by atoms with Gasteiger partial charge in [-0.3, -0.25) is 19.2 Å². The molecule has 0 saturated carbocycles. The summed E-state index contributed by atoms with van der Waals surface area (Å²) in [5.41, 5.74) is 0.421. The van der Waals surface area contributed by atoms with Crippen molar-refractivity contribution in [1.29, 1.82) is 0 Å². The smallest absolute Gasteiger partial charge is 0.271 e. The Bertz CT molecular complexity index is 1020. The van der Waals surface area contributed by atoms with Crippen LogP contribution in [0.1, 0.15) is 5.56 Å². The van der Waals surface area contributed by atoms with Gasteiger partial charge < -0.3 is 14.4 Å². The molecule has 0 aromatic heterocycles. The van der Waals surface area contributed by atoms with Gasteiger partial charge in [0, 0.05) is 25.7 Å². The molecule has 0 heterocycles. The average Bonchev–Trinajstić information content (AvgIpc) is 2.70. The van der Waals surface area contributed by atoms with Crippen molar-refractivity contribution < 1.29 is 27.6 Å². The van der Waals surface area contributed by atoms with Crippen molar-refractivity contribution in [1.82, 2.24) is 4.90 Å². The number of nitro groups is 1. The Morgan fingerprint density at radius 3 is 2.23 bits per heavy atom. The van der Waals surface area contributed by atoms with Crippen LogP contribution in [0.4, 0.5) is 11.4 Å². The van der Waals surface area contributed by atoms with E-state index in [9.17, 15) is 23.3 Å². The number of nitro benzene ring substituents is 1. The first kappa shape index (κ1) is 22.9. The zero-order valence-electron chi connectivity index (χ0n) is 17.1. The third-order valence-electron chi connectivity index (χ3n) is 4.33. The number of sulfonamides is 1. The van der Waals surface area contributed by atoms with Gasteiger partial charge in [-0.25, -0.2) is 8.42 Å². The second-order valence-corrected chi connectivity index (χ2v) is 8.39. The van der Waals surface area contributed by atoms with Crippen LogP contribution in [0.3, 0.4) is 0 Å². The minimum Gasteiger partial charge on any atom is -0.497 e. The van der Waals surface area contributed by atoms with Gasteiger partial charge in [-0.2, -0.15) is 0 Å². The van der Waals surface area contributed by atoms with E-state index < -0.39 is 27.4 Å². The van der Waals surface area contributed by atoms with Crippen LogP contribution in [-0.4, -0.2) is 58.2 Å². The van der Waals surface area contributed by atoms with Gasteiger partial charge in [0.2, 0.25) is 15.9 Å². The first-order chi connectivity index (χ1) is 14.1. The maximum absolute atomic E-state index is 12.7. The number of rotatable bonds is 9. The molecule has 0 fully saturated rings. The molecule has 0 radical (unpaired) electrons. The Morgan fingerprint density at radius 2 is 1.73 bits per heavy atom. The number of carbonyl (C=O) groups excluding carboxylic acids is 1. The normalized spacial score (nSPS) is 10.9. The summed E-state index contributed by atoms with van der Waals surface area (Å²) in [6.07, 6.45) is 0.919. The van der Waals surface area contributed by atoms with Gasteiger partial charge in [0.25, 0.3) is 5.69 Å². The second kappa shape index (κ2) is 9.44. The van der Waals surface area contributed by atoms with E-state index in [4.69, 9.17) is 9.47 Å². The lowest BCUT2D eigenvalue weighted by Crippen LogP contribution is -2.41. The van der Waals surface area contributed by atoms with E-state index in [1.165, 1.54) is 31.2 Å². The highest BCUT2D eigenvalue weighted by Gasteiger charge is 2.27. The highest BCUT2D eigenvalue weighted by atomic mass is 32.2. The summed E-state index contributed by atoms with van der Waals surface area (Å²) in [6.45, 7) is -0.296. The summed E-state index contributed by atoms with van der Waals surface area (Å²) in [5, 5.41) is 11.1. The molecule has 0 aliphatic carbocycles. The third-order valence-corrected chi connectivity index (χ3v) is 5.45. The zero-order chi connectivity index (χ0) is 22.5. The SMILES string of the molecule is COc1ccc(CN(C)C(=O)CN(c2cc([N+](=O)[O-])ccc2OC)S(C)(=O)=O)cc1. The molecule has 11 heteroatoms. The Morgan fingerprint density at radius 1 is 1.10 bits per heavy atom. The third kappa shape index (κ3) is 5.60. The highest BCUT2D eigenvalue weighted by molar-refractivity contribution is 7.92. The monoisotopic (exact) mass is 437 g/mol. The van der Waals surface area contributed by atoms with Crippen molar-refractivity contribution in [3.8, 4) is 11.5 Å². The average molecular weight is 437 g/mol. The van der Waals surface area contributed by atoms with Gasteiger partial charge in [0.05, 0.1) is 25.4 Å². The first-order valence-corrected chi connectivity index (χ1v) is 10.6. The summed E-state index contributed by atoms with van der Waals surface area (Å²) in [7, 11) is 0.459. The lowest BCUT2D eigenvalue weighted by Gasteiger charge is -2.26. The molecule has 0 unspecified atom stereocenters. The first-order valence-electron chi connectivity index (χ1n) is 8.74. The number of likely N-dealkylation sites (N-methyl/N-ethyl adjacent to an activating group) is 1. The predicted octanol–water partition coefficient (Wildman–Crippen LogP) is 2.04. The van der Waals surface area contributed by atoms with Crippen LogP contribution < -0.4 is 13.8 Å². The largest absolute Gasteiger partial charge is 0.497 e. The molecule has 0 aliphatic rings. The Balaban J connectivity index is 2.29. The summed E-state index contributed by atoms with van der Waals surface area (Å²) < 4.78 is 35.8. The number of nitrogens with zero attached hydrogens (tertiary/aromatic N) is 3. The number of benzene rings is 2. The molecule has 0 N–H and O–H groups in total. The molecule has 0 spiro atoms. The Hall–Kier alpha value is -3.34. The number of hydrogen-bond donors (Lipinski definition) is 0. The highest BCUT2D eigenvalue weighted by Crippen LogP contribution is 2.33. The van der Waals surface area contributed by atoms with Crippen LogP contribution in [-0.2, 0) is 21.4 Å². The summed E-state index contributed by atoms with van der Waals surface area (Å²) in [4.78, 5) is 24.6. The fraction of sp³-hybridized carbons (Fsp3) is 0.316. The molecule has 0 atom stereocenters. The van der Waals surface area contributed by atoms with Crippen molar-refractivity contribution in [3.05, 3.63) is 58.1 Å². The van der Waals surface area contributed by atoms with E-state index >= 15 is 0 Å². The Kier molecular flexibility index (Phi) is 7.22. The van der Waals surface area contributed by atoms with Crippen LogP contribution in [0.2, 0.25) is 0 Å². The van der Waals surface area contributed by atoms with E-state index in [2.05, 4.69) is 0 Å². The van der Waals surface area contributed by atoms with E-state index in [1.54, 1.807) is 31.4 Å². The Labute approximate surface area is 174 Å². The molecule has 2 aromatic rings. The van der Waals surface area contributed by atoms with E-state index in [0.717, 1.165) is 22.2 Å². The molecule has 2 rings (SSSR count).